The standard InChI is InChI=1S/C19H32N4/c1-19(2,16-9-7-6-8-10-16)14-22-18(20-3)21-13-17(23(4)5)15-11-12-15/h6-10,15,17H,11-14H2,1-5H3,(H2,20,21,22). The molecule has 0 aromatic heterocycles. The molecule has 4 nitrogen and oxygen atoms in total. The van der Waals surface area contributed by atoms with Crippen molar-refractivity contribution >= 4 is 5.96 Å². The van der Waals surface area contributed by atoms with Crippen LogP contribution in [0.5, 0.6) is 0 Å². The Hall–Kier alpha value is -1.55. The summed E-state index contributed by atoms with van der Waals surface area (Å²) in [5.41, 5.74) is 1.41. The molecule has 1 unspecified atom stereocenters. The van der Waals surface area contributed by atoms with E-state index in [0.29, 0.717) is 6.04 Å². The fraction of sp³-hybridized carbons (Fsp3) is 0.632. The van der Waals surface area contributed by atoms with Crippen LogP contribution in [0.1, 0.15) is 32.3 Å². The molecule has 1 fully saturated rings. The van der Waals surface area contributed by atoms with Gasteiger partial charge in [-0.05, 0) is 38.4 Å². The number of rotatable bonds is 7. The van der Waals surface area contributed by atoms with E-state index in [1.54, 1.807) is 0 Å². The quantitative estimate of drug-likeness (QED) is 0.600. The van der Waals surface area contributed by atoms with E-state index in [-0.39, 0.29) is 5.41 Å². The van der Waals surface area contributed by atoms with Gasteiger partial charge in [0.1, 0.15) is 0 Å². The highest BCUT2D eigenvalue weighted by Gasteiger charge is 2.32. The molecule has 1 aromatic carbocycles. The van der Waals surface area contributed by atoms with E-state index in [1.165, 1.54) is 18.4 Å². The van der Waals surface area contributed by atoms with Gasteiger partial charge in [0.05, 0.1) is 0 Å². The summed E-state index contributed by atoms with van der Waals surface area (Å²) in [6.07, 6.45) is 2.72. The lowest BCUT2D eigenvalue weighted by Crippen LogP contribution is -2.48. The Balaban J connectivity index is 1.85. The molecule has 4 heteroatoms. The SMILES string of the molecule is CN=C(NCC(C1CC1)N(C)C)NCC(C)(C)c1ccccc1. The number of nitrogens with zero attached hydrogens (tertiary/aromatic N) is 2. The molecular formula is C19H32N4. The summed E-state index contributed by atoms with van der Waals surface area (Å²) in [5.74, 6) is 1.73. The van der Waals surface area contributed by atoms with Crippen molar-refractivity contribution in [2.24, 2.45) is 10.9 Å². The zero-order chi connectivity index (χ0) is 16.9. The van der Waals surface area contributed by atoms with Crippen molar-refractivity contribution in [2.45, 2.75) is 38.1 Å². The third kappa shape index (κ3) is 5.24. The lowest BCUT2D eigenvalue weighted by molar-refractivity contribution is 0.264. The van der Waals surface area contributed by atoms with E-state index in [1.807, 2.05) is 7.05 Å². The van der Waals surface area contributed by atoms with Gasteiger partial charge in [-0.25, -0.2) is 0 Å². The molecule has 0 heterocycles. The van der Waals surface area contributed by atoms with Gasteiger partial charge in [0.25, 0.3) is 0 Å². The molecule has 0 bridgehead atoms. The van der Waals surface area contributed by atoms with Crippen LogP contribution in [0.25, 0.3) is 0 Å². The zero-order valence-corrected chi connectivity index (χ0v) is 15.3. The van der Waals surface area contributed by atoms with Crippen LogP contribution in [0.4, 0.5) is 0 Å². The first-order valence-corrected chi connectivity index (χ1v) is 8.60. The summed E-state index contributed by atoms with van der Waals surface area (Å²) in [7, 11) is 6.17. The average molecular weight is 316 g/mol. The molecule has 1 aromatic rings. The molecular weight excluding hydrogens is 284 g/mol. The summed E-state index contributed by atoms with van der Waals surface area (Å²) in [6, 6.07) is 11.2. The van der Waals surface area contributed by atoms with Crippen LogP contribution in [0.15, 0.2) is 35.3 Å². The second-order valence-corrected chi connectivity index (χ2v) is 7.42. The highest BCUT2D eigenvalue weighted by Crippen LogP contribution is 2.34. The predicted molar refractivity (Wildman–Crippen MR) is 99.0 cm³/mol. The second kappa shape index (κ2) is 7.82. The van der Waals surface area contributed by atoms with Crippen molar-refractivity contribution in [3.63, 3.8) is 0 Å². The smallest absolute Gasteiger partial charge is 0.191 e. The molecule has 1 aliphatic rings. The van der Waals surface area contributed by atoms with Crippen LogP contribution in [-0.4, -0.2) is 51.1 Å². The first-order valence-electron chi connectivity index (χ1n) is 8.60. The van der Waals surface area contributed by atoms with Crippen LogP contribution >= 0.6 is 0 Å². The van der Waals surface area contributed by atoms with Crippen molar-refractivity contribution in [3.05, 3.63) is 35.9 Å². The molecule has 0 radical (unpaired) electrons. The van der Waals surface area contributed by atoms with E-state index >= 15 is 0 Å². The third-order valence-electron chi connectivity index (χ3n) is 4.78. The number of nitrogens with one attached hydrogen (secondary N) is 2. The summed E-state index contributed by atoms with van der Waals surface area (Å²) in [5, 5.41) is 6.98. The van der Waals surface area contributed by atoms with Crippen LogP contribution < -0.4 is 10.6 Å². The minimum absolute atomic E-state index is 0.0658. The molecule has 1 saturated carbocycles. The summed E-state index contributed by atoms with van der Waals surface area (Å²) < 4.78 is 0. The Morgan fingerprint density at radius 1 is 1.22 bits per heavy atom. The molecule has 1 aliphatic carbocycles. The largest absolute Gasteiger partial charge is 0.356 e. The zero-order valence-electron chi connectivity index (χ0n) is 15.3. The maximum atomic E-state index is 4.37. The maximum Gasteiger partial charge on any atom is 0.191 e. The van der Waals surface area contributed by atoms with E-state index in [9.17, 15) is 0 Å². The molecule has 128 valence electrons. The molecule has 23 heavy (non-hydrogen) atoms. The minimum atomic E-state index is 0.0658. The van der Waals surface area contributed by atoms with Gasteiger partial charge in [-0.15, -0.1) is 0 Å². The Labute approximate surface area is 141 Å². The number of hydrogen-bond acceptors (Lipinski definition) is 2. The molecule has 2 rings (SSSR count). The lowest BCUT2D eigenvalue weighted by Gasteiger charge is -2.28. The van der Waals surface area contributed by atoms with Gasteiger partial charge >= 0.3 is 0 Å². The summed E-state index contributed by atoms with van der Waals surface area (Å²) in [6.45, 7) is 6.32. The van der Waals surface area contributed by atoms with Crippen LogP contribution in [0.2, 0.25) is 0 Å². The molecule has 0 spiro atoms. The van der Waals surface area contributed by atoms with E-state index < -0.39 is 0 Å². The number of aliphatic imine (C=N–C) groups is 1. The van der Waals surface area contributed by atoms with Gasteiger partial charge in [-0.2, -0.15) is 0 Å². The summed E-state index contributed by atoms with van der Waals surface area (Å²) in [4.78, 5) is 6.70. The van der Waals surface area contributed by atoms with Crippen LogP contribution in [0, 0.1) is 5.92 Å². The number of hydrogen-bond donors (Lipinski definition) is 2. The third-order valence-corrected chi connectivity index (χ3v) is 4.78. The molecule has 0 aliphatic heterocycles. The first kappa shape index (κ1) is 17.8. The predicted octanol–water partition coefficient (Wildman–Crippen LogP) is 2.47. The van der Waals surface area contributed by atoms with Gasteiger partial charge in [-0.1, -0.05) is 44.2 Å². The Kier molecular flexibility index (Phi) is 6.05. The van der Waals surface area contributed by atoms with E-state index in [2.05, 4.69) is 78.8 Å². The van der Waals surface area contributed by atoms with Crippen LogP contribution in [0.3, 0.4) is 0 Å². The topological polar surface area (TPSA) is 39.7 Å². The number of benzene rings is 1. The van der Waals surface area contributed by atoms with Gasteiger partial charge in [0, 0.05) is 31.6 Å². The maximum absolute atomic E-state index is 4.37. The van der Waals surface area contributed by atoms with Crippen molar-refractivity contribution < 1.29 is 0 Å². The molecule has 2 N–H and O–H groups in total. The number of likely N-dealkylation sites (N-methyl/N-ethyl adjacent to an activating group) is 1. The molecule has 0 amide bonds. The fourth-order valence-corrected chi connectivity index (χ4v) is 2.97. The molecule has 1 atom stereocenters. The Morgan fingerprint density at radius 3 is 2.39 bits per heavy atom. The highest BCUT2D eigenvalue weighted by molar-refractivity contribution is 5.79. The summed E-state index contributed by atoms with van der Waals surface area (Å²) >= 11 is 0. The number of guanidine groups is 1. The lowest BCUT2D eigenvalue weighted by atomic mass is 9.85. The normalized spacial score (nSPS) is 17.2. The van der Waals surface area contributed by atoms with Crippen molar-refractivity contribution in [2.75, 3.05) is 34.2 Å². The molecule has 0 saturated heterocycles. The average Bonchev–Trinajstić information content (AvgIpc) is 3.36. The Morgan fingerprint density at radius 2 is 1.87 bits per heavy atom. The minimum Gasteiger partial charge on any atom is -0.356 e. The van der Waals surface area contributed by atoms with E-state index in [0.717, 1.165) is 25.0 Å². The second-order valence-electron chi connectivity index (χ2n) is 7.42. The van der Waals surface area contributed by atoms with Crippen molar-refractivity contribution in [1.29, 1.82) is 0 Å². The monoisotopic (exact) mass is 316 g/mol. The van der Waals surface area contributed by atoms with E-state index in [4.69, 9.17) is 0 Å². The van der Waals surface area contributed by atoms with Gasteiger partial charge in [0.2, 0.25) is 0 Å². The highest BCUT2D eigenvalue weighted by atomic mass is 15.2. The van der Waals surface area contributed by atoms with Crippen molar-refractivity contribution in [1.82, 2.24) is 15.5 Å². The van der Waals surface area contributed by atoms with Gasteiger partial charge < -0.3 is 15.5 Å². The van der Waals surface area contributed by atoms with Crippen molar-refractivity contribution in [3.8, 4) is 0 Å². The fourth-order valence-electron chi connectivity index (χ4n) is 2.97. The first-order chi connectivity index (χ1) is 10.9. The van der Waals surface area contributed by atoms with Gasteiger partial charge in [0.15, 0.2) is 5.96 Å². The van der Waals surface area contributed by atoms with Gasteiger partial charge in [-0.3, -0.25) is 4.99 Å². The van der Waals surface area contributed by atoms with Crippen LogP contribution in [-0.2, 0) is 5.41 Å². The Bertz CT molecular complexity index is 501.